The molecule has 1 aromatic rings. The first-order valence-corrected chi connectivity index (χ1v) is 10.7. The van der Waals surface area contributed by atoms with E-state index in [0.29, 0.717) is 29.9 Å². The Morgan fingerprint density at radius 2 is 1.96 bits per heavy atom. The third kappa shape index (κ3) is 3.73. The van der Waals surface area contributed by atoms with Gasteiger partial charge in [-0.2, -0.15) is 0 Å². The van der Waals surface area contributed by atoms with Gasteiger partial charge in [-0.05, 0) is 74.5 Å². The maximum absolute atomic E-state index is 13.2. The Morgan fingerprint density at radius 3 is 2.63 bits per heavy atom. The molecule has 0 aliphatic heterocycles. The molecule has 1 N–H and O–H groups in total. The summed E-state index contributed by atoms with van der Waals surface area (Å²) in [7, 11) is 1.95. The summed E-state index contributed by atoms with van der Waals surface area (Å²) in [5.41, 5.74) is 0.251. The van der Waals surface area contributed by atoms with Crippen molar-refractivity contribution in [1.29, 1.82) is 0 Å². The van der Waals surface area contributed by atoms with Crippen LogP contribution in [0.3, 0.4) is 0 Å². The first-order chi connectivity index (χ1) is 13.0. The van der Waals surface area contributed by atoms with Gasteiger partial charge in [0.2, 0.25) is 0 Å². The fourth-order valence-corrected chi connectivity index (χ4v) is 6.19. The lowest BCUT2D eigenvalue weighted by atomic mass is 9.52. The number of carbonyl (C=O) groups is 1. The average molecular weight is 372 g/mol. The summed E-state index contributed by atoms with van der Waals surface area (Å²) < 4.78 is 5.83. The van der Waals surface area contributed by atoms with Gasteiger partial charge in [-0.15, -0.1) is 0 Å². The van der Waals surface area contributed by atoms with Crippen molar-refractivity contribution in [2.75, 3.05) is 13.7 Å². The second kappa shape index (κ2) is 7.46. The van der Waals surface area contributed by atoms with Crippen LogP contribution >= 0.6 is 0 Å². The van der Waals surface area contributed by atoms with Crippen LogP contribution in [-0.2, 0) is 0 Å². The van der Waals surface area contributed by atoms with Crippen LogP contribution in [0.25, 0.3) is 0 Å². The number of amides is 1. The summed E-state index contributed by atoms with van der Waals surface area (Å²) >= 11 is 0. The Bertz CT molecular complexity index is 672. The first kappa shape index (κ1) is 18.8. The Morgan fingerprint density at radius 1 is 1.22 bits per heavy atom. The number of benzene rings is 1. The topological polar surface area (TPSA) is 49.8 Å². The minimum absolute atomic E-state index is 0.0819. The lowest BCUT2D eigenvalue weighted by Gasteiger charge is -2.59. The molecule has 0 heterocycles. The molecule has 2 atom stereocenters. The van der Waals surface area contributed by atoms with Crippen LogP contribution in [0.4, 0.5) is 0 Å². The Hall–Kier alpha value is -1.55. The monoisotopic (exact) mass is 371 g/mol. The van der Waals surface area contributed by atoms with Crippen molar-refractivity contribution in [2.24, 2.45) is 17.8 Å². The van der Waals surface area contributed by atoms with Crippen LogP contribution in [0.2, 0.25) is 0 Å². The molecule has 4 fully saturated rings. The zero-order valence-corrected chi connectivity index (χ0v) is 16.7. The number of nitrogens with zero attached hydrogens (tertiary/aromatic N) is 1. The predicted octanol–water partition coefficient (Wildman–Crippen LogP) is 4.27. The highest BCUT2D eigenvalue weighted by molar-refractivity contribution is 5.94. The van der Waals surface area contributed by atoms with E-state index in [-0.39, 0.29) is 11.9 Å². The molecule has 0 aromatic heterocycles. The van der Waals surface area contributed by atoms with E-state index in [1.807, 2.05) is 36.2 Å². The maximum atomic E-state index is 13.2. The molecule has 1 amide bonds. The van der Waals surface area contributed by atoms with E-state index in [1.165, 1.54) is 25.7 Å². The van der Waals surface area contributed by atoms with Crippen LogP contribution < -0.4 is 4.74 Å². The van der Waals surface area contributed by atoms with Crippen molar-refractivity contribution >= 4 is 5.91 Å². The van der Waals surface area contributed by atoms with Gasteiger partial charge >= 0.3 is 0 Å². The fourth-order valence-electron chi connectivity index (χ4n) is 6.19. The number of unbranched alkanes of at least 4 members (excludes halogenated alkanes) is 2. The number of hydrogen-bond donors (Lipinski definition) is 1. The Kier molecular flexibility index (Phi) is 5.19. The summed E-state index contributed by atoms with van der Waals surface area (Å²) in [4.78, 5) is 15.1. The van der Waals surface area contributed by atoms with E-state index in [0.717, 1.165) is 31.4 Å². The largest absolute Gasteiger partial charge is 0.494 e. The van der Waals surface area contributed by atoms with Crippen LogP contribution in [0.5, 0.6) is 5.75 Å². The number of carbonyl (C=O) groups excluding carboxylic acids is 1. The fraction of sp³-hybridized carbons (Fsp3) is 0.696. The van der Waals surface area contributed by atoms with Crippen molar-refractivity contribution < 1.29 is 14.6 Å². The molecule has 4 aliphatic rings. The van der Waals surface area contributed by atoms with E-state index in [4.69, 9.17) is 4.74 Å². The predicted molar refractivity (Wildman–Crippen MR) is 106 cm³/mol. The van der Waals surface area contributed by atoms with Crippen molar-refractivity contribution in [3.8, 4) is 5.75 Å². The molecule has 4 heteroatoms. The SMILES string of the molecule is CCCCCOc1cccc(C(=O)N(C)C2C3CC4CC2CC(O)(C4)C3)c1. The van der Waals surface area contributed by atoms with Crippen molar-refractivity contribution in [3.63, 3.8) is 0 Å². The molecule has 0 spiro atoms. The first-order valence-electron chi connectivity index (χ1n) is 10.7. The van der Waals surface area contributed by atoms with E-state index in [2.05, 4.69) is 6.92 Å². The van der Waals surface area contributed by atoms with Gasteiger partial charge in [-0.25, -0.2) is 0 Å². The van der Waals surface area contributed by atoms with E-state index >= 15 is 0 Å². The number of rotatable bonds is 7. The highest BCUT2D eigenvalue weighted by Crippen LogP contribution is 2.56. The highest BCUT2D eigenvalue weighted by atomic mass is 16.5. The van der Waals surface area contributed by atoms with E-state index < -0.39 is 5.60 Å². The standard InChI is InChI=1S/C23H33NO3/c1-3-4-5-9-27-20-8-6-7-17(12-20)22(25)24(2)21-18-10-16-11-19(21)15-23(26,13-16)14-18/h6-8,12,16,18-19,21,26H,3-5,9-11,13-15H2,1-2H3. The summed E-state index contributed by atoms with van der Waals surface area (Å²) in [6.07, 6.45) is 8.42. The summed E-state index contributed by atoms with van der Waals surface area (Å²) in [6, 6.07) is 7.88. The van der Waals surface area contributed by atoms with Crippen LogP contribution in [0, 0.1) is 17.8 Å². The molecule has 4 bridgehead atoms. The van der Waals surface area contributed by atoms with Crippen molar-refractivity contribution in [3.05, 3.63) is 29.8 Å². The third-order valence-electron chi connectivity index (χ3n) is 7.06. The second-order valence-electron chi connectivity index (χ2n) is 9.18. The maximum Gasteiger partial charge on any atom is 0.253 e. The van der Waals surface area contributed by atoms with Gasteiger partial charge in [0.15, 0.2) is 0 Å². The normalized spacial score (nSPS) is 33.9. The quantitative estimate of drug-likeness (QED) is 0.728. The van der Waals surface area contributed by atoms with Gasteiger partial charge in [0.05, 0.1) is 12.2 Å². The van der Waals surface area contributed by atoms with Crippen LogP contribution in [0.1, 0.15) is 68.6 Å². The summed E-state index contributed by atoms with van der Waals surface area (Å²) in [5.74, 6) is 2.42. The molecule has 0 saturated heterocycles. The van der Waals surface area contributed by atoms with Gasteiger partial charge < -0.3 is 14.7 Å². The molecule has 4 saturated carbocycles. The van der Waals surface area contributed by atoms with E-state index in [1.54, 1.807) is 0 Å². The average Bonchev–Trinajstić information content (AvgIpc) is 2.63. The molecular weight excluding hydrogens is 338 g/mol. The lowest BCUT2D eigenvalue weighted by Crippen LogP contribution is -2.61. The molecule has 1 aromatic carbocycles. The van der Waals surface area contributed by atoms with Gasteiger partial charge in [0, 0.05) is 18.7 Å². The minimum Gasteiger partial charge on any atom is -0.494 e. The molecule has 4 nitrogen and oxygen atoms in total. The minimum atomic E-state index is -0.455. The van der Waals surface area contributed by atoms with Crippen LogP contribution in [0.15, 0.2) is 24.3 Å². The molecular formula is C23H33NO3. The number of aliphatic hydroxyl groups is 1. The van der Waals surface area contributed by atoms with Crippen LogP contribution in [-0.4, -0.2) is 41.2 Å². The third-order valence-corrected chi connectivity index (χ3v) is 7.06. The molecule has 0 radical (unpaired) electrons. The molecule has 2 unspecified atom stereocenters. The Balaban J connectivity index is 1.44. The smallest absolute Gasteiger partial charge is 0.253 e. The van der Waals surface area contributed by atoms with Crippen molar-refractivity contribution in [2.45, 2.75) is 69.9 Å². The molecule has 5 rings (SSSR count). The molecule has 27 heavy (non-hydrogen) atoms. The van der Waals surface area contributed by atoms with Crippen molar-refractivity contribution in [1.82, 2.24) is 4.90 Å². The van der Waals surface area contributed by atoms with E-state index in [9.17, 15) is 9.90 Å². The molecule has 148 valence electrons. The van der Waals surface area contributed by atoms with Gasteiger partial charge in [0.25, 0.3) is 5.91 Å². The number of hydrogen-bond acceptors (Lipinski definition) is 3. The second-order valence-corrected chi connectivity index (χ2v) is 9.18. The zero-order valence-electron chi connectivity index (χ0n) is 16.7. The Labute approximate surface area is 162 Å². The highest BCUT2D eigenvalue weighted by Gasteiger charge is 2.56. The summed E-state index contributed by atoms with van der Waals surface area (Å²) in [6.45, 7) is 2.88. The summed E-state index contributed by atoms with van der Waals surface area (Å²) in [5, 5.41) is 10.8. The van der Waals surface area contributed by atoms with Gasteiger partial charge in [0.1, 0.15) is 5.75 Å². The lowest BCUT2D eigenvalue weighted by molar-refractivity contribution is -0.152. The van der Waals surface area contributed by atoms with Gasteiger partial charge in [-0.3, -0.25) is 4.79 Å². The molecule has 4 aliphatic carbocycles. The van der Waals surface area contributed by atoms with Gasteiger partial charge in [-0.1, -0.05) is 25.8 Å². The number of ether oxygens (including phenoxy) is 1. The zero-order chi connectivity index (χ0) is 19.0.